The molecule has 0 saturated heterocycles. The van der Waals surface area contributed by atoms with Gasteiger partial charge in [0.05, 0.1) is 23.7 Å². The highest BCUT2D eigenvalue weighted by atomic mass is 16.4. The van der Waals surface area contributed by atoms with Crippen LogP contribution in [0.5, 0.6) is 0 Å². The quantitative estimate of drug-likeness (QED) is 0.688. The molecule has 0 aliphatic carbocycles. The van der Waals surface area contributed by atoms with Gasteiger partial charge < -0.3 is 5.11 Å². The van der Waals surface area contributed by atoms with Gasteiger partial charge in [-0.05, 0) is 12.1 Å². The lowest BCUT2D eigenvalue weighted by Crippen LogP contribution is -2.27. The second kappa shape index (κ2) is 5.12. The van der Waals surface area contributed by atoms with Crippen LogP contribution in [0, 0.1) is 0 Å². The van der Waals surface area contributed by atoms with E-state index < -0.39 is 5.97 Å². The number of nitrogens with zero attached hydrogens (tertiary/aromatic N) is 6. The fourth-order valence-corrected chi connectivity index (χ4v) is 1.90. The van der Waals surface area contributed by atoms with Crippen LogP contribution in [0.2, 0.25) is 0 Å². The molecule has 3 rings (SSSR count). The summed E-state index contributed by atoms with van der Waals surface area (Å²) in [7, 11) is 0. The van der Waals surface area contributed by atoms with E-state index in [4.69, 9.17) is 5.11 Å². The Morgan fingerprint density at radius 1 is 1.19 bits per heavy atom. The zero-order chi connectivity index (χ0) is 14.8. The molecule has 0 spiro atoms. The standard InChI is InChI=1S/C12H10N6O3/c19-11(20)5-8-6-17(15-13-8)7-18-12(21)9-3-1-2-4-10(9)14-16-18/h1-4,6H,5,7H2,(H,19,20). The molecular weight excluding hydrogens is 276 g/mol. The fourth-order valence-electron chi connectivity index (χ4n) is 1.90. The van der Waals surface area contributed by atoms with Gasteiger partial charge >= 0.3 is 5.97 Å². The van der Waals surface area contributed by atoms with Gasteiger partial charge in [0.15, 0.2) is 0 Å². The van der Waals surface area contributed by atoms with E-state index in [0.717, 1.165) is 4.68 Å². The van der Waals surface area contributed by atoms with E-state index in [1.165, 1.54) is 10.9 Å². The molecule has 0 aliphatic heterocycles. The molecule has 3 aromatic rings. The van der Waals surface area contributed by atoms with Crippen LogP contribution in [0.1, 0.15) is 5.69 Å². The summed E-state index contributed by atoms with van der Waals surface area (Å²) in [6.07, 6.45) is 1.23. The second-order valence-electron chi connectivity index (χ2n) is 4.37. The van der Waals surface area contributed by atoms with Crippen molar-refractivity contribution >= 4 is 16.9 Å². The zero-order valence-electron chi connectivity index (χ0n) is 10.7. The summed E-state index contributed by atoms with van der Waals surface area (Å²) in [6.45, 7) is 0.0171. The van der Waals surface area contributed by atoms with Crippen LogP contribution >= 0.6 is 0 Å². The van der Waals surface area contributed by atoms with Gasteiger partial charge in [0, 0.05) is 0 Å². The number of aromatic nitrogens is 6. The first-order valence-corrected chi connectivity index (χ1v) is 6.07. The Hall–Kier alpha value is -3.10. The highest BCUT2D eigenvalue weighted by molar-refractivity contribution is 5.76. The van der Waals surface area contributed by atoms with Crippen LogP contribution in [0.3, 0.4) is 0 Å². The van der Waals surface area contributed by atoms with Crippen molar-refractivity contribution in [2.45, 2.75) is 13.1 Å². The number of carboxylic acids is 1. The summed E-state index contributed by atoms with van der Waals surface area (Å²) in [6, 6.07) is 6.89. The Morgan fingerprint density at radius 3 is 2.81 bits per heavy atom. The molecular formula is C12H10N6O3. The summed E-state index contributed by atoms with van der Waals surface area (Å²) >= 11 is 0. The number of hydrogen-bond acceptors (Lipinski definition) is 6. The van der Waals surface area contributed by atoms with E-state index in [2.05, 4.69) is 20.6 Å². The third kappa shape index (κ3) is 2.61. The number of rotatable bonds is 4. The lowest BCUT2D eigenvalue weighted by atomic mass is 10.2. The van der Waals surface area contributed by atoms with Gasteiger partial charge in [-0.15, -0.1) is 10.2 Å². The van der Waals surface area contributed by atoms with Crippen molar-refractivity contribution in [2.24, 2.45) is 0 Å². The Bertz CT molecular complexity index is 869. The van der Waals surface area contributed by atoms with Crippen molar-refractivity contribution in [3.05, 3.63) is 46.5 Å². The lowest BCUT2D eigenvalue weighted by molar-refractivity contribution is -0.136. The summed E-state index contributed by atoms with van der Waals surface area (Å²) < 4.78 is 2.48. The minimum atomic E-state index is -0.996. The van der Waals surface area contributed by atoms with Gasteiger partial charge in [-0.1, -0.05) is 22.6 Å². The van der Waals surface area contributed by atoms with Crippen molar-refractivity contribution in [1.29, 1.82) is 0 Å². The van der Waals surface area contributed by atoms with Gasteiger partial charge in [-0.2, -0.15) is 4.68 Å². The summed E-state index contributed by atoms with van der Waals surface area (Å²) in [4.78, 5) is 22.8. The number of carbonyl (C=O) groups is 1. The summed E-state index contributed by atoms with van der Waals surface area (Å²) in [5, 5.41) is 24.4. The number of carboxylic acid groups (broad SMARTS) is 1. The zero-order valence-corrected chi connectivity index (χ0v) is 10.7. The third-order valence-corrected chi connectivity index (χ3v) is 2.83. The molecule has 9 nitrogen and oxygen atoms in total. The van der Waals surface area contributed by atoms with Gasteiger partial charge in [-0.3, -0.25) is 9.59 Å². The van der Waals surface area contributed by atoms with Crippen molar-refractivity contribution in [3.63, 3.8) is 0 Å². The van der Waals surface area contributed by atoms with Gasteiger partial charge in [0.25, 0.3) is 5.56 Å². The Balaban J connectivity index is 1.91. The van der Waals surface area contributed by atoms with Crippen molar-refractivity contribution < 1.29 is 9.90 Å². The second-order valence-corrected chi connectivity index (χ2v) is 4.37. The summed E-state index contributed by atoms with van der Waals surface area (Å²) in [5.41, 5.74) is 0.532. The molecule has 0 aliphatic rings. The minimum Gasteiger partial charge on any atom is -0.481 e. The topological polar surface area (TPSA) is 116 Å². The van der Waals surface area contributed by atoms with E-state index in [1.807, 2.05) is 0 Å². The average molecular weight is 286 g/mol. The molecule has 1 aromatic carbocycles. The Labute approximate surface area is 117 Å². The smallest absolute Gasteiger partial charge is 0.309 e. The summed E-state index contributed by atoms with van der Waals surface area (Å²) in [5.74, 6) is -0.996. The first-order chi connectivity index (χ1) is 10.1. The predicted molar refractivity (Wildman–Crippen MR) is 70.6 cm³/mol. The maximum atomic E-state index is 12.2. The SMILES string of the molecule is O=C(O)Cc1cn(Cn2nnc3ccccc3c2=O)nn1. The molecule has 0 atom stereocenters. The molecule has 0 bridgehead atoms. The maximum Gasteiger partial charge on any atom is 0.309 e. The van der Waals surface area contributed by atoms with Crippen molar-refractivity contribution in [1.82, 2.24) is 30.0 Å². The van der Waals surface area contributed by atoms with E-state index in [1.54, 1.807) is 24.3 Å². The number of benzene rings is 1. The molecule has 106 valence electrons. The van der Waals surface area contributed by atoms with Crippen LogP contribution in [-0.4, -0.2) is 41.1 Å². The number of aliphatic carboxylic acids is 1. The monoisotopic (exact) mass is 286 g/mol. The van der Waals surface area contributed by atoms with Gasteiger partial charge in [-0.25, -0.2) is 4.68 Å². The van der Waals surface area contributed by atoms with Crippen molar-refractivity contribution in [3.8, 4) is 0 Å². The Kier molecular flexibility index (Phi) is 3.14. The fraction of sp³-hybridized carbons (Fsp3) is 0.167. The largest absolute Gasteiger partial charge is 0.481 e. The molecule has 0 radical (unpaired) electrons. The molecule has 2 aromatic heterocycles. The van der Waals surface area contributed by atoms with Crippen LogP contribution < -0.4 is 5.56 Å². The van der Waals surface area contributed by atoms with Crippen molar-refractivity contribution in [2.75, 3.05) is 0 Å². The average Bonchev–Trinajstić information content (AvgIpc) is 2.89. The molecule has 0 amide bonds. The van der Waals surface area contributed by atoms with E-state index in [9.17, 15) is 9.59 Å². The first-order valence-electron chi connectivity index (χ1n) is 6.07. The molecule has 9 heteroatoms. The molecule has 0 fully saturated rings. The molecule has 21 heavy (non-hydrogen) atoms. The van der Waals surface area contributed by atoms with Crippen LogP contribution in [-0.2, 0) is 17.9 Å². The third-order valence-electron chi connectivity index (χ3n) is 2.83. The predicted octanol–water partition coefficient (Wildman–Crippen LogP) is -0.484. The van der Waals surface area contributed by atoms with Gasteiger partial charge in [0.2, 0.25) is 0 Å². The first kappa shape index (κ1) is 12.9. The minimum absolute atomic E-state index is 0.0171. The lowest BCUT2D eigenvalue weighted by Gasteiger charge is -2.03. The Morgan fingerprint density at radius 2 is 2.00 bits per heavy atom. The van der Waals surface area contributed by atoms with E-state index in [0.29, 0.717) is 16.6 Å². The van der Waals surface area contributed by atoms with Crippen LogP contribution in [0.15, 0.2) is 35.3 Å². The van der Waals surface area contributed by atoms with Gasteiger partial charge in [0.1, 0.15) is 12.2 Å². The molecule has 1 N–H and O–H groups in total. The van der Waals surface area contributed by atoms with E-state index in [-0.39, 0.29) is 18.6 Å². The number of hydrogen-bond donors (Lipinski definition) is 1. The molecule has 0 unspecified atom stereocenters. The normalized spacial score (nSPS) is 10.9. The highest BCUT2D eigenvalue weighted by Crippen LogP contribution is 2.03. The van der Waals surface area contributed by atoms with Crippen LogP contribution in [0.25, 0.3) is 10.9 Å². The molecule has 0 saturated carbocycles. The van der Waals surface area contributed by atoms with Crippen LogP contribution in [0.4, 0.5) is 0 Å². The molecule has 2 heterocycles. The maximum absolute atomic E-state index is 12.2. The van der Waals surface area contributed by atoms with E-state index >= 15 is 0 Å². The highest BCUT2D eigenvalue weighted by Gasteiger charge is 2.08. The number of fused-ring (bicyclic) bond motifs is 1.